The molecule has 1 aliphatic heterocycles. The van der Waals surface area contributed by atoms with Gasteiger partial charge in [0.05, 0.1) is 5.25 Å². The average molecular weight is 345 g/mol. The Balaban J connectivity index is 1.87. The summed E-state index contributed by atoms with van der Waals surface area (Å²) in [6, 6.07) is 18.6. The van der Waals surface area contributed by atoms with Gasteiger partial charge in [-0.3, -0.25) is 4.99 Å². The molecule has 2 aromatic rings. The smallest absolute Gasteiger partial charge is 0.157 e. The van der Waals surface area contributed by atoms with Crippen LogP contribution in [0.3, 0.4) is 0 Å². The minimum atomic E-state index is 0.209. The van der Waals surface area contributed by atoms with Crippen molar-refractivity contribution in [3.8, 4) is 0 Å². The highest BCUT2D eigenvalue weighted by Crippen LogP contribution is 2.37. The summed E-state index contributed by atoms with van der Waals surface area (Å²) in [5.41, 5.74) is 2.74. The molecule has 0 saturated heterocycles. The highest BCUT2D eigenvalue weighted by atomic mass is 35.5. The number of amidine groups is 1. The Hall–Kier alpha value is -1.45. The van der Waals surface area contributed by atoms with Crippen molar-refractivity contribution in [3.63, 3.8) is 0 Å². The van der Waals surface area contributed by atoms with Crippen LogP contribution in [-0.2, 0) is 0 Å². The first-order valence-corrected chi connectivity index (χ1v) is 9.05. The number of aliphatic imine (C=N–C) groups is 1. The minimum absolute atomic E-state index is 0.209. The van der Waals surface area contributed by atoms with Gasteiger partial charge in [-0.1, -0.05) is 79.7 Å². The molecule has 0 amide bonds. The van der Waals surface area contributed by atoms with E-state index in [2.05, 4.69) is 55.6 Å². The lowest BCUT2D eigenvalue weighted by Crippen LogP contribution is -2.39. The molecule has 2 nitrogen and oxygen atoms in total. The van der Waals surface area contributed by atoms with Crippen LogP contribution < -0.4 is 5.32 Å². The fraction of sp³-hybridized carbons (Fsp3) is 0.316. The second-order valence-corrected chi connectivity index (χ2v) is 8.13. The van der Waals surface area contributed by atoms with Crippen molar-refractivity contribution < 1.29 is 0 Å². The molecule has 0 aliphatic carbocycles. The second-order valence-electron chi connectivity index (χ2n) is 6.60. The van der Waals surface area contributed by atoms with Crippen LogP contribution in [0.5, 0.6) is 0 Å². The highest BCUT2D eigenvalue weighted by molar-refractivity contribution is 8.14. The van der Waals surface area contributed by atoms with Crippen LogP contribution in [0.2, 0.25) is 5.02 Å². The Morgan fingerprint density at radius 3 is 2.30 bits per heavy atom. The minimum Gasteiger partial charge on any atom is -0.364 e. The van der Waals surface area contributed by atoms with Gasteiger partial charge in [0.2, 0.25) is 0 Å². The van der Waals surface area contributed by atoms with E-state index in [4.69, 9.17) is 16.6 Å². The fourth-order valence-electron chi connectivity index (χ4n) is 2.50. The molecule has 0 spiro atoms. The van der Waals surface area contributed by atoms with E-state index in [0.29, 0.717) is 0 Å². The van der Waals surface area contributed by atoms with Crippen molar-refractivity contribution in [2.45, 2.75) is 19.1 Å². The van der Waals surface area contributed by atoms with Crippen molar-refractivity contribution in [1.82, 2.24) is 5.32 Å². The van der Waals surface area contributed by atoms with Crippen molar-refractivity contribution in [2.75, 3.05) is 13.1 Å². The van der Waals surface area contributed by atoms with E-state index >= 15 is 0 Å². The van der Waals surface area contributed by atoms with E-state index in [0.717, 1.165) is 23.3 Å². The lowest BCUT2D eigenvalue weighted by Gasteiger charge is -2.30. The molecule has 0 fully saturated rings. The average Bonchev–Trinajstić information content (AvgIpc) is 2.56. The van der Waals surface area contributed by atoms with Gasteiger partial charge in [-0.15, -0.1) is 0 Å². The number of rotatable bonds is 3. The number of thioether (sulfide) groups is 1. The zero-order valence-electron chi connectivity index (χ0n) is 13.4. The van der Waals surface area contributed by atoms with Crippen LogP contribution in [-0.4, -0.2) is 18.3 Å². The van der Waals surface area contributed by atoms with Gasteiger partial charge in [-0.25, -0.2) is 0 Å². The first kappa shape index (κ1) is 16.4. The van der Waals surface area contributed by atoms with Gasteiger partial charge in [0.15, 0.2) is 5.17 Å². The molecule has 1 N–H and O–H groups in total. The fourth-order valence-corrected chi connectivity index (χ4v) is 3.73. The molecule has 1 atom stereocenters. The lowest BCUT2D eigenvalue weighted by atomic mass is 9.93. The summed E-state index contributed by atoms with van der Waals surface area (Å²) in [5, 5.41) is 5.47. The summed E-state index contributed by atoms with van der Waals surface area (Å²) >= 11 is 7.82. The summed E-state index contributed by atoms with van der Waals surface area (Å²) in [4.78, 5) is 4.73. The van der Waals surface area contributed by atoms with Gasteiger partial charge in [0.25, 0.3) is 0 Å². The molecule has 1 heterocycles. The molecule has 120 valence electrons. The van der Waals surface area contributed by atoms with E-state index in [1.54, 1.807) is 11.8 Å². The molecule has 0 aromatic heterocycles. The zero-order chi connectivity index (χ0) is 16.3. The predicted molar refractivity (Wildman–Crippen MR) is 101 cm³/mol. The molecule has 1 aliphatic rings. The third-order valence-electron chi connectivity index (χ3n) is 3.87. The standard InChI is InChI=1S/C19H21ClN2S/c1-19(2)12-21-18(22-13-19)23-17(14-6-4-3-5-7-14)15-8-10-16(20)11-9-15/h3-11,17H,12-13H2,1-2H3,(H,21,22)/t17-/m1/s1. The topological polar surface area (TPSA) is 24.4 Å². The molecule has 2 aromatic carbocycles. The van der Waals surface area contributed by atoms with E-state index < -0.39 is 0 Å². The number of nitrogens with zero attached hydrogens (tertiary/aromatic N) is 1. The Labute approximate surface area is 147 Å². The zero-order valence-corrected chi connectivity index (χ0v) is 15.0. The maximum Gasteiger partial charge on any atom is 0.157 e. The van der Waals surface area contributed by atoms with Gasteiger partial charge >= 0.3 is 0 Å². The quantitative estimate of drug-likeness (QED) is 0.832. The Kier molecular flexibility index (Phi) is 4.98. The first-order chi connectivity index (χ1) is 11.0. The van der Waals surface area contributed by atoms with E-state index in [1.807, 2.05) is 18.2 Å². The molecule has 4 heteroatoms. The van der Waals surface area contributed by atoms with Gasteiger partial charge < -0.3 is 5.32 Å². The summed E-state index contributed by atoms with van der Waals surface area (Å²) in [5.74, 6) is 0. The van der Waals surface area contributed by atoms with Crippen LogP contribution in [0.1, 0.15) is 30.2 Å². The van der Waals surface area contributed by atoms with Crippen LogP contribution in [0.4, 0.5) is 0 Å². The van der Waals surface area contributed by atoms with Crippen molar-refractivity contribution >= 4 is 28.5 Å². The second kappa shape index (κ2) is 6.98. The number of hydrogen-bond donors (Lipinski definition) is 1. The third kappa shape index (κ3) is 4.30. The SMILES string of the molecule is CC1(C)CN=C(S[C@H](c2ccccc2)c2ccc(Cl)cc2)NC1. The summed E-state index contributed by atoms with van der Waals surface area (Å²) in [6.45, 7) is 6.29. The normalized spacial score (nSPS) is 18.0. The summed E-state index contributed by atoms with van der Waals surface area (Å²) in [6.07, 6.45) is 0. The van der Waals surface area contributed by atoms with Gasteiger partial charge in [0.1, 0.15) is 0 Å². The predicted octanol–water partition coefficient (Wildman–Crippen LogP) is 5.15. The van der Waals surface area contributed by atoms with E-state index in [-0.39, 0.29) is 10.7 Å². The molecule has 23 heavy (non-hydrogen) atoms. The lowest BCUT2D eigenvalue weighted by molar-refractivity contribution is 0.364. The van der Waals surface area contributed by atoms with Crippen LogP contribution in [0, 0.1) is 5.41 Å². The molecule has 0 bridgehead atoms. The molecule has 0 radical (unpaired) electrons. The van der Waals surface area contributed by atoms with Crippen molar-refractivity contribution in [3.05, 3.63) is 70.7 Å². The Morgan fingerprint density at radius 1 is 1.04 bits per heavy atom. The van der Waals surface area contributed by atoms with Gasteiger partial charge in [-0.05, 0) is 23.3 Å². The largest absolute Gasteiger partial charge is 0.364 e. The van der Waals surface area contributed by atoms with Gasteiger partial charge in [-0.2, -0.15) is 0 Å². The van der Waals surface area contributed by atoms with Crippen molar-refractivity contribution in [1.29, 1.82) is 0 Å². The van der Waals surface area contributed by atoms with E-state index in [9.17, 15) is 0 Å². The monoisotopic (exact) mass is 344 g/mol. The number of halogens is 1. The molecular formula is C19H21ClN2S. The number of hydrogen-bond acceptors (Lipinski definition) is 3. The highest BCUT2D eigenvalue weighted by Gasteiger charge is 2.25. The molecule has 0 unspecified atom stereocenters. The first-order valence-electron chi connectivity index (χ1n) is 7.79. The maximum absolute atomic E-state index is 6.04. The molecule has 0 saturated carbocycles. The van der Waals surface area contributed by atoms with Crippen molar-refractivity contribution in [2.24, 2.45) is 10.4 Å². The molecular weight excluding hydrogens is 324 g/mol. The van der Waals surface area contributed by atoms with Gasteiger partial charge in [0, 0.05) is 23.5 Å². The third-order valence-corrected chi connectivity index (χ3v) is 5.40. The Morgan fingerprint density at radius 2 is 1.70 bits per heavy atom. The van der Waals surface area contributed by atoms with Crippen LogP contribution in [0.25, 0.3) is 0 Å². The number of benzene rings is 2. The maximum atomic E-state index is 6.04. The molecule has 3 rings (SSSR count). The summed E-state index contributed by atoms with van der Waals surface area (Å²) < 4.78 is 0. The van der Waals surface area contributed by atoms with E-state index in [1.165, 1.54) is 11.1 Å². The summed E-state index contributed by atoms with van der Waals surface area (Å²) in [7, 11) is 0. The Bertz CT molecular complexity index is 680. The van der Waals surface area contributed by atoms with Crippen LogP contribution in [0.15, 0.2) is 59.6 Å². The number of nitrogens with one attached hydrogen (secondary N) is 1. The van der Waals surface area contributed by atoms with Crippen LogP contribution >= 0.6 is 23.4 Å².